The summed E-state index contributed by atoms with van der Waals surface area (Å²) in [6, 6.07) is 0. The number of carbonyl (C=O) groups is 3. The van der Waals surface area contributed by atoms with Gasteiger partial charge in [-0.25, -0.2) is 13.2 Å². The van der Waals surface area contributed by atoms with E-state index in [9.17, 15) is 22.8 Å². The van der Waals surface area contributed by atoms with Crippen LogP contribution in [0.4, 0.5) is 0 Å². The Hall–Kier alpha value is -1.94. The van der Waals surface area contributed by atoms with Crippen molar-refractivity contribution in [1.82, 2.24) is 4.90 Å². The third kappa shape index (κ3) is 2.48. The zero-order valence-electron chi connectivity index (χ0n) is 12.2. The van der Waals surface area contributed by atoms with E-state index in [4.69, 9.17) is 9.47 Å². The fourth-order valence-electron chi connectivity index (χ4n) is 2.45. The number of rotatable bonds is 4. The summed E-state index contributed by atoms with van der Waals surface area (Å²) in [6.07, 6.45) is -1.15. The highest BCUT2D eigenvalue weighted by molar-refractivity contribution is 7.92. The minimum absolute atomic E-state index is 0.00111. The molecule has 0 aromatic rings. The average Bonchev–Trinajstić information content (AvgIpc) is 2.44. The Labute approximate surface area is 126 Å². The van der Waals surface area contributed by atoms with Crippen molar-refractivity contribution < 1.29 is 37.0 Å². The lowest BCUT2D eigenvalue weighted by atomic mass is 10.1. The number of carbonyl (C=O) groups excluding carboxylic acids is 3. The first kappa shape index (κ1) is 16.4. The second kappa shape index (κ2) is 5.69. The number of hydrogen-bond acceptors (Lipinski definition) is 8. The van der Waals surface area contributed by atoms with Crippen molar-refractivity contribution in [2.45, 2.75) is 18.4 Å². The van der Waals surface area contributed by atoms with Crippen LogP contribution in [0, 0.1) is 0 Å². The Morgan fingerprint density at radius 1 is 1.32 bits per heavy atom. The van der Waals surface area contributed by atoms with E-state index >= 15 is 0 Å². The van der Waals surface area contributed by atoms with Crippen LogP contribution in [0.15, 0.2) is 11.3 Å². The fourth-order valence-corrected chi connectivity index (χ4v) is 4.46. The van der Waals surface area contributed by atoms with Crippen LogP contribution in [0.1, 0.15) is 6.92 Å². The zero-order chi connectivity index (χ0) is 16.7. The van der Waals surface area contributed by atoms with Gasteiger partial charge in [-0.05, 0) is 0 Å². The molecule has 1 fully saturated rings. The molecule has 9 nitrogen and oxygen atoms in total. The van der Waals surface area contributed by atoms with Crippen LogP contribution in [-0.2, 0) is 38.4 Å². The largest absolute Gasteiger partial charge is 0.464 e. The summed E-state index contributed by atoms with van der Waals surface area (Å²) >= 11 is 0. The number of hydrogen-bond donors (Lipinski definition) is 0. The van der Waals surface area contributed by atoms with E-state index in [1.54, 1.807) is 0 Å². The molecule has 10 heteroatoms. The van der Waals surface area contributed by atoms with E-state index in [0.717, 1.165) is 18.9 Å². The molecule has 1 saturated heterocycles. The molecule has 0 aliphatic carbocycles. The van der Waals surface area contributed by atoms with Gasteiger partial charge in [-0.3, -0.25) is 14.5 Å². The quantitative estimate of drug-likeness (QED) is 0.455. The van der Waals surface area contributed by atoms with Crippen molar-refractivity contribution in [2.24, 2.45) is 0 Å². The highest BCUT2D eigenvalue weighted by Gasteiger charge is 2.60. The van der Waals surface area contributed by atoms with Gasteiger partial charge in [0.05, 0.1) is 12.9 Å². The molecule has 2 heterocycles. The van der Waals surface area contributed by atoms with Gasteiger partial charge < -0.3 is 14.2 Å². The van der Waals surface area contributed by atoms with E-state index in [-0.39, 0.29) is 11.3 Å². The third-order valence-electron chi connectivity index (χ3n) is 3.40. The van der Waals surface area contributed by atoms with E-state index < -0.39 is 51.5 Å². The maximum atomic E-state index is 12.3. The first-order chi connectivity index (χ1) is 10.2. The minimum atomic E-state index is -3.77. The number of methoxy groups -OCH3 is 2. The van der Waals surface area contributed by atoms with Crippen LogP contribution in [-0.4, -0.2) is 69.2 Å². The van der Waals surface area contributed by atoms with Gasteiger partial charge in [-0.1, -0.05) is 0 Å². The standard InChI is InChI=1S/C12H15NO8S/c1-6(14)21-4-7-5-22(17,18)11-9(19-2)10(15)13(11)8(7)12(16)20-3/h9,11H,4-5H2,1-3H3/t9-,11+/m0/s1. The van der Waals surface area contributed by atoms with Crippen LogP contribution in [0.5, 0.6) is 0 Å². The number of ether oxygens (including phenoxy) is 3. The number of fused-ring (bicyclic) bond motifs is 1. The lowest BCUT2D eigenvalue weighted by Gasteiger charge is -2.48. The molecule has 2 rings (SSSR count). The summed E-state index contributed by atoms with van der Waals surface area (Å²) in [5.41, 5.74) is -0.205. The second-order valence-corrected chi connectivity index (χ2v) is 6.88. The zero-order valence-corrected chi connectivity index (χ0v) is 13.0. The van der Waals surface area contributed by atoms with Gasteiger partial charge in [0, 0.05) is 19.6 Å². The number of esters is 2. The van der Waals surface area contributed by atoms with Gasteiger partial charge in [0.25, 0.3) is 5.91 Å². The van der Waals surface area contributed by atoms with Gasteiger partial charge >= 0.3 is 11.9 Å². The van der Waals surface area contributed by atoms with Crippen LogP contribution < -0.4 is 0 Å². The molecule has 0 unspecified atom stereocenters. The molecule has 22 heavy (non-hydrogen) atoms. The molecule has 0 bridgehead atoms. The van der Waals surface area contributed by atoms with Crippen molar-refractivity contribution in [2.75, 3.05) is 26.6 Å². The Morgan fingerprint density at radius 2 is 1.95 bits per heavy atom. The molecule has 0 radical (unpaired) electrons. The first-order valence-electron chi connectivity index (χ1n) is 6.25. The minimum Gasteiger partial charge on any atom is -0.464 e. The second-order valence-electron chi connectivity index (χ2n) is 4.79. The normalized spacial score (nSPS) is 26.1. The number of β-lactam (4-membered cyclic amide) rings is 1. The third-order valence-corrected chi connectivity index (χ3v) is 5.34. The highest BCUT2D eigenvalue weighted by atomic mass is 32.2. The smallest absolute Gasteiger partial charge is 0.354 e. The van der Waals surface area contributed by atoms with Crippen molar-refractivity contribution in [3.05, 3.63) is 11.3 Å². The molecule has 2 aliphatic rings. The molecule has 2 aliphatic heterocycles. The lowest BCUT2D eigenvalue weighted by Crippen LogP contribution is -2.70. The van der Waals surface area contributed by atoms with Crippen molar-refractivity contribution >= 4 is 27.7 Å². The predicted molar refractivity (Wildman–Crippen MR) is 70.9 cm³/mol. The molecular formula is C12H15NO8S. The summed E-state index contributed by atoms with van der Waals surface area (Å²) in [6.45, 7) is 0.737. The van der Waals surface area contributed by atoms with Gasteiger partial charge in [0.2, 0.25) is 0 Å². The van der Waals surface area contributed by atoms with E-state index in [1.807, 2.05) is 0 Å². The molecular weight excluding hydrogens is 318 g/mol. The SMILES string of the molecule is COC(=O)C1=C(COC(C)=O)CS(=O)(=O)[C@@H]2[C@@H](OC)C(=O)N12. The van der Waals surface area contributed by atoms with E-state index in [1.165, 1.54) is 7.11 Å². The Bertz CT molecular complexity index is 665. The molecule has 0 N–H and O–H groups in total. The van der Waals surface area contributed by atoms with Gasteiger partial charge in [0.1, 0.15) is 12.3 Å². The molecule has 0 saturated carbocycles. The van der Waals surface area contributed by atoms with Crippen LogP contribution in [0.2, 0.25) is 0 Å². The van der Waals surface area contributed by atoms with Crippen molar-refractivity contribution in [1.29, 1.82) is 0 Å². The van der Waals surface area contributed by atoms with E-state index in [2.05, 4.69) is 4.74 Å². The summed E-state index contributed by atoms with van der Waals surface area (Å²) < 4.78 is 38.8. The molecule has 122 valence electrons. The van der Waals surface area contributed by atoms with Crippen LogP contribution in [0.3, 0.4) is 0 Å². The summed E-state index contributed by atoms with van der Waals surface area (Å²) in [4.78, 5) is 35.7. The number of amides is 1. The van der Waals surface area contributed by atoms with Crippen molar-refractivity contribution in [3.8, 4) is 0 Å². The Kier molecular flexibility index (Phi) is 4.25. The molecule has 2 atom stereocenters. The first-order valence-corrected chi connectivity index (χ1v) is 7.97. The summed E-state index contributed by atoms with van der Waals surface area (Å²) in [5.74, 6) is -2.68. The maximum absolute atomic E-state index is 12.3. The number of sulfone groups is 1. The van der Waals surface area contributed by atoms with Crippen LogP contribution >= 0.6 is 0 Å². The molecule has 1 amide bonds. The Morgan fingerprint density at radius 3 is 2.45 bits per heavy atom. The fraction of sp³-hybridized carbons (Fsp3) is 0.583. The monoisotopic (exact) mass is 333 g/mol. The number of nitrogens with zero attached hydrogens (tertiary/aromatic N) is 1. The topological polar surface area (TPSA) is 116 Å². The molecule has 0 aromatic carbocycles. The van der Waals surface area contributed by atoms with Gasteiger partial charge in [0.15, 0.2) is 21.3 Å². The highest BCUT2D eigenvalue weighted by Crippen LogP contribution is 2.38. The van der Waals surface area contributed by atoms with Gasteiger partial charge in [-0.2, -0.15) is 0 Å². The van der Waals surface area contributed by atoms with Crippen molar-refractivity contribution in [3.63, 3.8) is 0 Å². The van der Waals surface area contributed by atoms with E-state index in [0.29, 0.717) is 0 Å². The van der Waals surface area contributed by atoms with Gasteiger partial charge in [-0.15, -0.1) is 0 Å². The maximum Gasteiger partial charge on any atom is 0.354 e. The lowest BCUT2D eigenvalue weighted by molar-refractivity contribution is -0.163. The van der Waals surface area contributed by atoms with Crippen LogP contribution in [0.25, 0.3) is 0 Å². The molecule has 0 aromatic heterocycles. The Balaban J connectivity index is 2.48. The summed E-state index contributed by atoms with van der Waals surface area (Å²) in [5, 5.41) is -1.26. The summed E-state index contributed by atoms with van der Waals surface area (Å²) in [7, 11) is -1.45. The molecule has 0 spiro atoms. The predicted octanol–water partition coefficient (Wildman–Crippen LogP) is -1.41. The average molecular weight is 333 g/mol.